The molecule has 9 aromatic rings. The molecular weight excluding hydrogens is 637 g/mol. The zero-order chi connectivity index (χ0) is 34.9. The number of aryl methyl sites for hydroxylation is 1. The zero-order valence-electron chi connectivity index (χ0n) is 28.4. The van der Waals surface area contributed by atoms with E-state index < -0.39 is 0 Å². The van der Waals surface area contributed by atoms with Crippen molar-refractivity contribution in [1.29, 1.82) is 0 Å². The van der Waals surface area contributed by atoms with Crippen molar-refractivity contribution in [3.05, 3.63) is 181 Å². The Morgan fingerprint density at radius 2 is 0.808 bits per heavy atom. The van der Waals surface area contributed by atoms with Gasteiger partial charge in [0.05, 0.1) is 0 Å². The molecule has 0 spiro atoms. The first-order chi connectivity index (χ1) is 25.7. The number of hydrogen-bond acceptors (Lipinski definition) is 5. The number of hydrogen-bond donors (Lipinski definition) is 0. The third kappa shape index (κ3) is 5.84. The number of rotatable bonds is 7. The van der Waals surface area contributed by atoms with Crippen molar-refractivity contribution >= 4 is 11.1 Å². The maximum atomic E-state index is 6.28. The lowest BCUT2D eigenvalue weighted by atomic mass is 9.89. The van der Waals surface area contributed by atoms with Crippen molar-refractivity contribution in [3.63, 3.8) is 0 Å². The van der Waals surface area contributed by atoms with E-state index in [-0.39, 0.29) is 0 Å². The van der Waals surface area contributed by atoms with Crippen LogP contribution in [-0.4, -0.2) is 19.9 Å². The molecule has 0 N–H and O–H groups in total. The third-order valence-electron chi connectivity index (χ3n) is 9.29. The minimum Gasteiger partial charge on any atom is -0.436 e. The highest BCUT2D eigenvalue weighted by molar-refractivity contribution is 5.95. The summed E-state index contributed by atoms with van der Waals surface area (Å²) in [5.74, 6) is 2.41. The molecule has 2 aromatic heterocycles. The number of benzene rings is 7. The zero-order valence-corrected chi connectivity index (χ0v) is 28.4. The first-order valence-electron chi connectivity index (χ1n) is 17.3. The van der Waals surface area contributed by atoms with Crippen molar-refractivity contribution in [3.8, 4) is 79.0 Å². The predicted molar refractivity (Wildman–Crippen MR) is 210 cm³/mol. The minimum atomic E-state index is 0.585. The molecular formula is C47H32N4O. The van der Waals surface area contributed by atoms with Gasteiger partial charge in [-0.3, -0.25) is 0 Å². The number of fused-ring (bicyclic) bond motifs is 1. The van der Waals surface area contributed by atoms with E-state index in [0.29, 0.717) is 23.4 Å². The van der Waals surface area contributed by atoms with Gasteiger partial charge in [-0.1, -0.05) is 163 Å². The SMILES string of the molecule is Cc1cccc(-c2ccccc2-c2nc(-c3ccccc3)nc(-c3ccccc3-c3ccccc3-c3ccccc3-c3nc4ccccc4o3)n2)c1. The molecule has 7 aromatic carbocycles. The summed E-state index contributed by atoms with van der Waals surface area (Å²) in [4.78, 5) is 20.3. The van der Waals surface area contributed by atoms with Crippen LogP contribution in [-0.2, 0) is 0 Å². The average Bonchev–Trinajstić information content (AvgIpc) is 3.66. The Labute approximate surface area is 302 Å². The van der Waals surface area contributed by atoms with E-state index in [0.717, 1.165) is 66.7 Å². The molecule has 0 aliphatic rings. The Morgan fingerprint density at radius 1 is 0.346 bits per heavy atom. The van der Waals surface area contributed by atoms with Crippen molar-refractivity contribution in [2.24, 2.45) is 0 Å². The van der Waals surface area contributed by atoms with Crippen LogP contribution in [0.1, 0.15) is 5.56 Å². The number of para-hydroxylation sites is 2. The Morgan fingerprint density at radius 3 is 1.44 bits per heavy atom. The van der Waals surface area contributed by atoms with Crippen LogP contribution in [0.4, 0.5) is 0 Å². The molecule has 0 amide bonds. The fourth-order valence-electron chi connectivity index (χ4n) is 6.83. The molecule has 0 atom stereocenters. The maximum absolute atomic E-state index is 6.28. The van der Waals surface area contributed by atoms with Gasteiger partial charge in [0.15, 0.2) is 23.1 Å². The molecule has 9 rings (SSSR count). The van der Waals surface area contributed by atoms with Gasteiger partial charge >= 0.3 is 0 Å². The number of nitrogens with zero attached hydrogens (tertiary/aromatic N) is 4. The van der Waals surface area contributed by atoms with Gasteiger partial charge in [0.2, 0.25) is 5.89 Å². The molecule has 5 nitrogen and oxygen atoms in total. The lowest BCUT2D eigenvalue weighted by Crippen LogP contribution is -2.02. The van der Waals surface area contributed by atoms with Crippen LogP contribution in [0.3, 0.4) is 0 Å². The van der Waals surface area contributed by atoms with Crippen LogP contribution in [0.25, 0.3) is 90.1 Å². The highest BCUT2D eigenvalue weighted by Gasteiger charge is 2.21. The molecule has 2 heterocycles. The van der Waals surface area contributed by atoms with Gasteiger partial charge in [-0.15, -0.1) is 0 Å². The largest absolute Gasteiger partial charge is 0.436 e. The summed E-state index contributed by atoms with van der Waals surface area (Å²) >= 11 is 0. The van der Waals surface area contributed by atoms with E-state index in [1.807, 2.05) is 72.8 Å². The molecule has 52 heavy (non-hydrogen) atoms. The molecule has 0 saturated carbocycles. The summed E-state index contributed by atoms with van der Waals surface area (Å²) in [5.41, 5.74) is 12.8. The average molecular weight is 669 g/mol. The van der Waals surface area contributed by atoms with Gasteiger partial charge in [0.1, 0.15) is 5.52 Å². The van der Waals surface area contributed by atoms with Crippen LogP contribution in [0.15, 0.2) is 180 Å². The second-order valence-electron chi connectivity index (χ2n) is 12.7. The van der Waals surface area contributed by atoms with Crippen LogP contribution < -0.4 is 0 Å². The molecule has 0 aliphatic carbocycles. The first-order valence-corrected chi connectivity index (χ1v) is 17.3. The quantitative estimate of drug-likeness (QED) is 0.169. The van der Waals surface area contributed by atoms with E-state index in [2.05, 4.69) is 110 Å². The summed E-state index contributed by atoms with van der Waals surface area (Å²) in [6.07, 6.45) is 0. The Kier molecular flexibility index (Phi) is 7.99. The van der Waals surface area contributed by atoms with E-state index in [1.54, 1.807) is 0 Å². The number of aromatic nitrogens is 4. The number of oxazole rings is 1. The fraction of sp³-hybridized carbons (Fsp3) is 0.0213. The molecule has 0 radical (unpaired) electrons. The third-order valence-corrected chi connectivity index (χ3v) is 9.29. The van der Waals surface area contributed by atoms with Crippen LogP contribution in [0.5, 0.6) is 0 Å². The van der Waals surface area contributed by atoms with Crippen molar-refractivity contribution in [2.75, 3.05) is 0 Å². The summed E-state index contributed by atoms with van der Waals surface area (Å²) in [6, 6.07) is 59.9. The Balaban J connectivity index is 1.23. The summed E-state index contributed by atoms with van der Waals surface area (Å²) in [5, 5.41) is 0. The van der Waals surface area contributed by atoms with Gasteiger partial charge < -0.3 is 4.42 Å². The summed E-state index contributed by atoms with van der Waals surface area (Å²) < 4.78 is 6.28. The fourth-order valence-corrected chi connectivity index (χ4v) is 6.83. The van der Waals surface area contributed by atoms with Gasteiger partial charge in [0.25, 0.3) is 0 Å². The normalized spacial score (nSPS) is 11.2. The van der Waals surface area contributed by atoms with Crippen LogP contribution in [0, 0.1) is 6.92 Å². The van der Waals surface area contributed by atoms with E-state index in [1.165, 1.54) is 5.56 Å². The van der Waals surface area contributed by atoms with Crippen molar-refractivity contribution < 1.29 is 4.42 Å². The summed E-state index contributed by atoms with van der Waals surface area (Å²) in [6.45, 7) is 2.11. The van der Waals surface area contributed by atoms with Gasteiger partial charge in [-0.05, 0) is 58.5 Å². The van der Waals surface area contributed by atoms with E-state index in [4.69, 9.17) is 24.4 Å². The monoisotopic (exact) mass is 668 g/mol. The van der Waals surface area contributed by atoms with Crippen molar-refractivity contribution in [1.82, 2.24) is 19.9 Å². The minimum absolute atomic E-state index is 0.585. The molecule has 0 bridgehead atoms. The van der Waals surface area contributed by atoms with E-state index in [9.17, 15) is 0 Å². The van der Waals surface area contributed by atoms with Gasteiger partial charge in [-0.2, -0.15) is 0 Å². The highest BCUT2D eigenvalue weighted by Crippen LogP contribution is 2.42. The second kappa shape index (κ2) is 13.4. The lowest BCUT2D eigenvalue weighted by molar-refractivity contribution is 0.620. The smallest absolute Gasteiger partial charge is 0.227 e. The molecule has 5 heteroatoms. The Hall–Kier alpha value is -6.98. The molecule has 0 aliphatic heterocycles. The molecule has 0 saturated heterocycles. The molecule has 246 valence electrons. The maximum Gasteiger partial charge on any atom is 0.227 e. The van der Waals surface area contributed by atoms with Crippen LogP contribution >= 0.6 is 0 Å². The molecule has 0 unspecified atom stereocenters. The van der Waals surface area contributed by atoms with Crippen molar-refractivity contribution in [2.45, 2.75) is 6.92 Å². The van der Waals surface area contributed by atoms with E-state index >= 15 is 0 Å². The standard InChI is InChI=1S/C47H32N4O/c1-31-16-15-19-33(30-31)34-20-5-10-25-39(34)45-49-44(32-17-3-2-4-18-32)50-46(51-45)40-26-11-8-23-37(40)35-21-6-7-22-36(35)38-24-9-12-27-41(38)47-48-42-28-13-14-29-43(42)52-47/h2-30H,1H3. The Bertz CT molecular complexity index is 2680. The summed E-state index contributed by atoms with van der Waals surface area (Å²) in [7, 11) is 0. The van der Waals surface area contributed by atoms with Gasteiger partial charge in [0, 0.05) is 22.3 Å². The molecule has 0 fully saturated rings. The predicted octanol–water partition coefficient (Wildman–Crippen LogP) is 12.0. The highest BCUT2D eigenvalue weighted by atomic mass is 16.3. The van der Waals surface area contributed by atoms with Crippen LogP contribution in [0.2, 0.25) is 0 Å². The first kappa shape index (κ1) is 31.0. The second-order valence-corrected chi connectivity index (χ2v) is 12.7. The topological polar surface area (TPSA) is 64.7 Å². The van der Waals surface area contributed by atoms with Gasteiger partial charge in [-0.25, -0.2) is 19.9 Å². The lowest BCUT2D eigenvalue weighted by Gasteiger charge is -2.16.